The Morgan fingerprint density at radius 1 is 1.38 bits per heavy atom. The smallest absolute Gasteiger partial charge is 0.206 e. The summed E-state index contributed by atoms with van der Waals surface area (Å²) in [7, 11) is 0. The van der Waals surface area contributed by atoms with Crippen molar-refractivity contribution in [2.75, 3.05) is 4.72 Å². The molecule has 2 N–H and O–H groups in total. The Morgan fingerprint density at radius 3 is 2.95 bits per heavy atom. The molecular weight excluding hydrogens is 306 g/mol. The first-order valence-corrected chi connectivity index (χ1v) is 7.70. The van der Waals surface area contributed by atoms with Crippen molar-refractivity contribution in [2.24, 2.45) is 0 Å². The number of nitriles is 1. The van der Waals surface area contributed by atoms with Crippen molar-refractivity contribution < 1.29 is 4.84 Å². The summed E-state index contributed by atoms with van der Waals surface area (Å²) in [5, 5.41) is 10.2. The summed E-state index contributed by atoms with van der Waals surface area (Å²) in [4.78, 5) is 14.0. The lowest BCUT2D eigenvalue weighted by atomic mass is 10.0. The maximum absolute atomic E-state index is 9.20. The number of hydroxylamine groups is 1. The second-order valence-electron chi connectivity index (χ2n) is 4.29. The normalized spacial score (nSPS) is 12.5. The van der Waals surface area contributed by atoms with Gasteiger partial charge < -0.3 is 9.56 Å². The van der Waals surface area contributed by atoms with Gasteiger partial charge in [-0.15, -0.1) is 11.3 Å². The van der Waals surface area contributed by atoms with Crippen LogP contribution in [-0.4, -0.2) is 9.97 Å². The molecule has 0 aliphatic carbocycles. The van der Waals surface area contributed by atoms with Crippen LogP contribution in [0.5, 0.6) is 5.75 Å². The molecule has 0 unspecified atom stereocenters. The van der Waals surface area contributed by atoms with Gasteiger partial charge in [-0.25, -0.2) is 15.4 Å². The first kappa shape index (κ1) is 13.7. The number of thiazole rings is 1. The maximum atomic E-state index is 9.20. The third kappa shape index (κ3) is 2.66. The Kier molecular flexibility index (Phi) is 3.68. The SMILES string of the molecule is Cc1ncc(SNc2ncc(C)c3c2ONC=C3C#N)s1. The highest BCUT2D eigenvalue weighted by Crippen LogP contribution is 2.38. The van der Waals surface area contributed by atoms with E-state index in [9.17, 15) is 5.26 Å². The predicted molar refractivity (Wildman–Crippen MR) is 82.7 cm³/mol. The van der Waals surface area contributed by atoms with Gasteiger partial charge in [-0.05, 0) is 31.4 Å². The summed E-state index contributed by atoms with van der Waals surface area (Å²) in [6, 6.07) is 2.15. The lowest BCUT2D eigenvalue weighted by Crippen LogP contribution is -2.19. The molecule has 6 nitrogen and oxygen atoms in total. The number of hydrogen-bond donors (Lipinski definition) is 2. The van der Waals surface area contributed by atoms with Crippen molar-refractivity contribution in [3.8, 4) is 11.8 Å². The Balaban J connectivity index is 1.90. The van der Waals surface area contributed by atoms with Crippen LogP contribution in [0, 0.1) is 25.2 Å². The predicted octanol–water partition coefficient (Wildman–Crippen LogP) is 3.04. The molecule has 2 aromatic rings. The molecule has 0 amide bonds. The minimum atomic E-state index is 0.526. The number of aryl methyl sites for hydroxylation is 2. The Hall–Kier alpha value is -2.24. The van der Waals surface area contributed by atoms with Crippen LogP contribution in [0.15, 0.2) is 22.8 Å². The fraction of sp³-hybridized carbons (Fsp3) is 0.154. The molecule has 0 fully saturated rings. The molecular formula is C13H11N5OS2. The van der Waals surface area contributed by atoms with Gasteiger partial charge in [0, 0.05) is 11.8 Å². The van der Waals surface area contributed by atoms with Crippen molar-refractivity contribution in [3.63, 3.8) is 0 Å². The summed E-state index contributed by atoms with van der Waals surface area (Å²) in [5.41, 5.74) is 4.81. The largest absolute Gasteiger partial charge is 0.378 e. The molecule has 3 heterocycles. The third-order valence-corrected chi connectivity index (χ3v) is 4.64. The zero-order valence-corrected chi connectivity index (χ0v) is 12.9. The third-order valence-electron chi connectivity index (χ3n) is 2.83. The molecule has 0 saturated heterocycles. The van der Waals surface area contributed by atoms with Gasteiger partial charge in [-0.1, -0.05) is 0 Å². The fourth-order valence-electron chi connectivity index (χ4n) is 1.88. The lowest BCUT2D eigenvalue weighted by Gasteiger charge is -2.19. The number of anilines is 1. The van der Waals surface area contributed by atoms with Crippen molar-refractivity contribution in [2.45, 2.75) is 18.1 Å². The highest BCUT2D eigenvalue weighted by Gasteiger charge is 2.21. The molecule has 2 aromatic heterocycles. The van der Waals surface area contributed by atoms with Crippen LogP contribution in [0.3, 0.4) is 0 Å². The van der Waals surface area contributed by atoms with Crippen molar-refractivity contribution >= 4 is 34.7 Å². The van der Waals surface area contributed by atoms with Gasteiger partial charge in [0.25, 0.3) is 0 Å². The van der Waals surface area contributed by atoms with Crippen LogP contribution >= 0.6 is 23.3 Å². The quantitative estimate of drug-likeness (QED) is 0.842. The number of allylic oxidation sites excluding steroid dienone is 1. The topological polar surface area (TPSA) is 82.9 Å². The summed E-state index contributed by atoms with van der Waals surface area (Å²) in [5.74, 6) is 1.10. The fourth-order valence-corrected chi connectivity index (χ4v) is 3.49. The molecule has 8 heteroatoms. The van der Waals surface area contributed by atoms with E-state index in [0.717, 1.165) is 20.3 Å². The van der Waals surface area contributed by atoms with E-state index in [1.807, 2.05) is 13.8 Å². The molecule has 0 bridgehead atoms. The average Bonchev–Trinajstić information content (AvgIpc) is 2.91. The minimum absolute atomic E-state index is 0.526. The van der Waals surface area contributed by atoms with Crippen LogP contribution in [-0.2, 0) is 0 Å². The Labute approximate surface area is 130 Å². The molecule has 0 atom stereocenters. The van der Waals surface area contributed by atoms with Gasteiger partial charge in [0.2, 0.25) is 5.75 Å². The second kappa shape index (κ2) is 5.63. The monoisotopic (exact) mass is 317 g/mol. The van der Waals surface area contributed by atoms with Gasteiger partial charge in [0.1, 0.15) is 10.3 Å². The summed E-state index contributed by atoms with van der Waals surface area (Å²) >= 11 is 3.01. The van der Waals surface area contributed by atoms with Crippen molar-refractivity contribution in [1.82, 2.24) is 15.4 Å². The van der Waals surface area contributed by atoms with Gasteiger partial charge in [-0.3, -0.25) is 0 Å². The van der Waals surface area contributed by atoms with Crippen LogP contribution in [0.1, 0.15) is 16.1 Å². The zero-order valence-electron chi connectivity index (χ0n) is 11.3. The molecule has 21 heavy (non-hydrogen) atoms. The number of hydrogen-bond acceptors (Lipinski definition) is 8. The summed E-state index contributed by atoms with van der Waals surface area (Å²) in [6.07, 6.45) is 5.07. The first-order chi connectivity index (χ1) is 10.2. The Bertz CT molecular complexity index is 762. The van der Waals surface area contributed by atoms with E-state index >= 15 is 0 Å². The average molecular weight is 317 g/mol. The van der Waals surface area contributed by atoms with Gasteiger partial charge in [-0.2, -0.15) is 5.26 Å². The zero-order chi connectivity index (χ0) is 14.8. The molecule has 1 aliphatic rings. The number of rotatable bonds is 3. The van der Waals surface area contributed by atoms with Gasteiger partial charge in [0.05, 0.1) is 23.0 Å². The van der Waals surface area contributed by atoms with Crippen LogP contribution in [0.4, 0.5) is 5.82 Å². The van der Waals surface area contributed by atoms with Crippen LogP contribution in [0.25, 0.3) is 5.57 Å². The second-order valence-corrected chi connectivity index (χ2v) is 6.63. The van der Waals surface area contributed by atoms with E-state index in [1.165, 1.54) is 11.9 Å². The van der Waals surface area contributed by atoms with E-state index in [2.05, 4.69) is 26.2 Å². The molecule has 106 valence electrons. The van der Waals surface area contributed by atoms with Gasteiger partial charge >= 0.3 is 0 Å². The number of fused-ring (bicyclic) bond motifs is 1. The van der Waals surface area contributed by atoms with E-state index < -0.39 is 0 Å². The van der Waals surface area contributed by atoms with E-state index in [-0.39, 0.29) is 0 Å². The standard InChI is InChI=1S/C13H11N5OS2/c1-7-4-16-13(18-21-10-6-15-8(2)20-10)12-11(7)9(3-14)5-17-19-12/h4-6,17H,1-2H3,(H,16,18). The summed E-state index contributed by atoms with van der Waals surface area (Å²) < 4.78 is 4.18. The highest BCUT2D eigenvalue weighted by molar-refractivity contribution is 8.02. The number of nitrogens with one attached hydrogen (secondary N) is 2. The van der Waals surface area contributed by atoms with E-state index in [1.54, 1.807) is 29.9 Å². The van der Waals surface area contributed by atoms with Crippen molar-refractivity contribution in [1.29, 1.82) is 5.26 Å². The number of aromatic nitrogens is 2. The van der Waals surface area contributed by atoms with E-state index in [0.29, 0.717) is 17.1 Å². The van der Waals surface area contributed by atoms with Crippen LogP contribution in [0.2, 0.25) is 0 Å². The van der Waals surface area contributed by atoms with E-state index in [4.69, 9.17) is 4.84 Å². The molecule has 1 aliphatic heterocycles. The minimum Gasteiger partial charge on any atom is -0.378 e. The Morgan fingerprint density at radius 2 is 2.24 bits per heavy atom. The van der Waals surface area contributed by atoms with Crippen molar-refractivity contribution in [3.05, 3.63) is 34.7 Å². The summed E-state index contributed by atoms with van der Waals surface area (Å²) in [6.45, 7) is 3.85. The van der Waals surface area contributed by atoms with Crippen LogP contribution < -0.4 is 15.0 Å². The highest BCUT2D eigenvalue weighted by atomic mass is 32.2. The lowest BCUT2D eigenvalue weighted by molar-refractivity contribution is 0.239. The molecule has 0 aromatic carbocycles. The molecule has 0 saturated carbocycles. The maximum Gasteiger partial charge on any atom is 0.206 e. The number of pyridine rings is 1. The molecule has 3 rings (SSSR count). The number of nitrogens with zero attached hydrogens (tertiary/aromatic N) is 3. The first-order valence-electron chi connectivity index (χ1n) is 6.07. The molecule has 0 radical (unpaired) electrons. The van der Waals surface area contributed by atoms with Gasteiger partial charge in [0.15, 0.2) is 5.82 Å². The molecule has 0 spiro atoms.